The second-order valence-electron chi connectivity index (χ2n) is 7.14. The number of carbonyl (C=O) groups is 2. The monoisotopic (exact) mass is 400 g/mol. The molecule has 1 aromatic heterocycles. The number of rotatable bonds is 7. The van der Waals surface area contributed by atoms with Crippen molar-refractivity contribution in [2.24, 2.45) is 5.92 Å². The third-order valence-corrected chi connectivity index (χ3v) is 5.92. The van der Waals surface area contributed by atoms with Crippen molar-refractivity contribution in [2.75, 3.05) is 30.3 Å². The Labute approximate surface area is 168 Å². The quantitative estimate of drug-likeness (QED) is 0.747. The Hall–Kier alpha value is -2.45. The van der Waals surface area contributed by atoms with E-state index in [1.807, 2.05) is 6.07 Å². The van der Waals surface area contributed by atoms with E-state index >= 15 is 0 Å². The number of likely N-dealkylation sites (N-methyl/N-ethyl adjacent to an activating group) is 1. The number of nitrogens with one attached hydrogen (secondary N) is 2. The van der Waals surface area contributed by atoms with E-state index < -0.39 is 0 Å². The summed E-state index contributed by atoms with van der Waals surface area (Å²) in [7, 11) is 0. The second kappa shape index (κ2) is 8.28. The Morgan fingerprint density at radius 1 is 1.32 bits per heavy atom. The molecule has 1 fully saturated rings. The highest BCUT2D eigenvalue weighted by Crippen LogP contribution is 2.31. The van der Waals surface area contributed by atoms with Crippen molar-refractivity contribution >= 4 is 34.0 Å². The number of carbonyl (C=O) groups excluding carboxylic acids is 2. The fourth-order valence-corrected chi connectivity index (χ4v) is 4.20. The molecule has 1 aromatic carbocycles. The van der Waals surface area contributed by atoms with Gasteiger partial charge < -0.3 is 10.1 Å². The average molecular weight is 401 g/mol. The number of aromatic nitrogens is 1. The maximum absolute atomic E-state index is 12.2. The molecule has 1 aliphatic carbocycles. The van der Waals surface area contributed by atoms with Crippen LogP contribution in [-0.4, -0.2) is 41.4 Å². The number of anilines is 2. The second-order valence-corrected chi connectivity index (χ2v) is 8.22. The molecule has 0 atom stereocenters. The fourth-order valence-electron chi connectivity index (χ4n) is 3.13. The van der Waals surface area contributed by atoms with Gasteiger partial charge in [0.15, 0.2) is 11.7 Å². The van der Waals surface area contributed by atoms with Crippen molar-refractivity contribution in [2.45, 2.75) is 32.7 Å². The van der Waals surface area contributed by atoms with Gasteiger partial charge in [0.25, 0.3) is 5.91 Å². The van der Waals surface area contributed by atoms with Crippen molar-refractivity contribution in [1.29, 1.82) is 0 Å². The summed E-state index contributed by atoms with van der Waals surface area (Å²) in [6.45, 7) is 4.98. The van der Waals surface area contributed by atoms with Crippen LogP contribution in [0.15, 0.2) is 24.3 Å². The van der Waals surface area contributed by atoms with E-state index in [2.05, 4.69) is 27.4 Å². The molecule has 2 N–H and O–H groups in total. The number of nitrogens with zero attached hydrogens (tertiary/aromatic N) is 2. The summed E-state index contributed by atoms with van der Waals surface area (Å²) in [6, 6.07) is 7.10. The third-order valence-electron chi connectivity index (χ3n) is 4.92. The summed E-state index contributed by atoms with van der Waals surface area (Å²) < 4.78 is 5.58. The highest BCUT2D eigenvalue weighted by Gasteiger charge is 2.29. The fraction of sp³-hybridized carbons (Fsp3) is 0.450. The van der Waals surface area contributed by atoms with Gasteiger partial charge in [0.2, 0.25) is 5.91 Å². The predicted octanol–water partition coefficient (Wildman–Crippen LogP) is 2.89. The van der Waals surface area contributed by atoms with Crippen LogP contribution in [0.4, 0.5) is 10.8 Å². The Morgan fingerprint density at radius 3 is 2.96 bits per heavy atom. The molecule has 0 unspecified atom stereocenters. The lowest BCUT2D eigenvalue weighted by atomic mass is 10.2. The lowest BCUT2D eigenvalue weighted by Crippen LogP contribution is -2.29. The molecule has 0 saturated heterocycles. The minimum atomic E-state index is -0.245. The topological polar surface area (TPSA) is 83.6 Å². The Bertz CT molecular complexity index is 878. The van der Waals surface area contributed by atoms with Crippen LogP contribution < -0.4 is 15.4 Å². The molecule has 148 valence electrons. The maximum Gasteiger partial charge on any atom is 0.264 e. The van der Waals surface area contributed by atoms with Crippen molar-refractivity contribution in [3.63, 3.8) is 0 Å². The first-order valence-electron chi connectivity index (χ1n) is 9.65. The summed E-state index contributed by atoms with van der Waals surface area (Å²) >= 11 is 1.53. The van der Waals surface area contributed by atoms with E-state index in [4.69, 9.17) is 4.74 Å². The normalized spacial score (nSPS) is 16.3. The van der Waals surface area contributed by atoms with E-state index in [-0.39, 0.29) is 24.3 Å². The van der Waals surface area contributed by atoms with Gasteiger partial charge in [0, 0.05) is 42.1 Å². The van der Waals surface area contributed by atoms with Gasteiger partial charge in [0.1, 0.15) is 5.75 Å². The van der Waals surface area contributed by atoms with Gasteiger partial charge in [-0.2, -0.15) is 0 Å². The molecule has 0 spiro atoms. The molecule has 4 rings (SSSR count). The molecule has 2 aromatic rings. The smallest absolute Gasteiger partial charge is 0.264 e. The van der Waals surface area contributed by atoms with E-state index in [0.717, 1.165) is 44.6 Å². The first kappa shape index (κ1) is 18.9. The van der Waals surface area contributed by atoms with Gasteiger partial charge in [-0.15, -0.1) is 11.3 Å². The predicted molar refractivity (Wildman–Crippen MR) is 109 cm³/mol. The zero-order chi connectivity index (χ0) is 19.5. The molecule has 2 aliphatic rings. The van der Waals surface area contributed by atoms with Gasteiger partial charge >= 0.3 is 0 Å². The minimum absolute atomic E-state index is 0.0456. The van der Waals surface area contributed by atoms with Crippen LogP contribution in [0, 0.1) is 5.92 Å². The maximum atomic E-state index is 12.2. The van der Waals surface area contributed by atoms with Gasteiger partial charge in [-0.1, -0.05) is 13.0 Å². The largest absolute Gasteiger partial charge is 0.484 e. The van der Waals surface area contributed by atoms with Gasteiger partial charge in [0.05, 0.1) is 5.69 Å². The molecule has 1 saturated carbocycles. The van der Waals surface area contributed by atoms with E-state index in [0.29, 0.717) is 16.6 Å². The summed E-state index contributed by atoms with van der Waals surface area (Å²) in [5.41, 5.74) is 1.77. The molecule has 2 amide bonds. The lowest BCUT2D eigenvalue weighted by molar-refractivity contribution is -0.118. The highest BCUT2D eigenvalue weighted by molar-refractivity contribution is 7.15. The number of thiazole rings is 1. The number of hydrogen-bond acceptors (Lipinski definition) is 6. The third kappa shape index (κ3) is 4.69. The number of hydrogen-bond donors (Lipinski definition) is 2. The first-order chi connectivity index (χ1) is 13.6. The Balaban J connectivity index is 1.29. The molecule has 8 heteroatoms. The SMILES string of the molecule is CCN1CCc2nc(NC(=O)COc3cccc(NC(=O)C4CC4)c3)sc2C1. The standard InChI is InChI=1S/C20H24N4O3S/c1-2-24-9-8-16-17(11-24)28-20(22-16)23-18(25)12-27-15-5-3-4-14(10-15)21-19(26)13-6-7-13/h3-5,10,13H,2,6-9,11-12H2,1H3,(H,21,26)(H,22,23,25). The van der Waals surface area contributed by atoms with Gasteiger partial charge in [-0.25, -0.2) is 4.98 Å². The molecule has 1 aliphatic heterocycles. The van der Waals surface area contributed by atoms with Gasteiger partial charge in [-0.05, 0) is 31.5 Å². The number of fused-ring (bicyclic) bond motifs is 1. The van der Waals surface area contributed by atoms with Crippen LogP contribution >= 0.6 is 11.3 Å². The molecule has 7 nitrogen and oxygen atoms in total. The summed E-state index contributed by atoms with van der Waals surface area (Å²) in [6.07, 6.45) is 2.84. The first-order valence-corrected chi connectivity index (χ1v) is 10.5. The summed E-state index contributed by atoms with van der Waals surface area (Å²) in [5, 5.41) is 6.33. The van der Waals surface area contributed by atoms with Gasteiger partial charge in [-0.3, -0.25) is 19.8 Å². The van der Waals surface area contributed by atoms with Crippen LogP contribution in [0.1, 0.15) is 30.3 Å². The van der Waals surface area contributed by atoms with E-state index in [1.54, 1.807) is 18.2 Å². The Kier molecular flexibility index (Phi) is 5.59. The highest BCUT2D eigenvalue weighted by atomic mass is 32.1. The van der Waals surface area contributed by atoms with E-state index in [9.17, 15) is 9.59 Å². The van der Waals surface area contributed by atoms with Crippen molar-refractivity contribution in [3.8, 4) is 5.75 Å². The molecular formula is C20H24N4O3S. The zero-order valence-electron chi connectivity index (χ0n) is 15.9. The average Bonchev–Trinajstić information content (AvgIpc) is 3.47. The minimum Gasteiger partial charge on any atom is -0.484 e. The van der Waals surface area contributed by atoms with Crippen LogP contribution in [0.5, 0.6) is 5.75 Å². The number of amides is 2. The van der Waals surface area contributed by atoms with Crippen LogP contribution in [0.2, 0.25) is 0 Å². The van der Waals surface area contributed by atoms with E-state index in [1.165, 1.54) is 16.2 Å². The molecule has 0 radical (unpaired) electrons. The zero-order valence-corrected chi connectivity index (χ0v) is 16.7. The Morgan fingerprint density at radius 2 is 2.18 bits per heavy atom. The number of ether oxygens (including phenoxy) is 1. The summed E-state index contributed by atoms with van der Waals surface area (Å²) in [4.78, 5) is 32.2. The van der Waals surface area contributed by atoms with Crippen molar-refractivity contribution in [1.82, 2.24) is 9.88 Å². The van der Waals surface area contributed by atoms with Crippen molar-refractivity contribution < 1.29 is 14.3 Å². The van der Waals surface area contributed by atoms with Crippen LogP contribution in [0.25, 0.3) is 0 Å². The molecule has 2 heterocycles. The van der Waals surface area contributed by atoms with Crippen LogP contribution in [0.3, 0.4) is 0 Å². The molecular weight excluding hydrogens is 376 g/mol. The van der Waals surface area contributed by atoms with Crippen LogP contribution in [-0.2, 0) is 22.6 Å². The lowest BCUT2D eigenvalue weighted by Gasteiger charge is -2.23. The summed E-state index contributed by atoms with van der Waals surface area (Å²) in [5.74, 6) is 0.486. The molecule has 0 bridgehead atoms. The van der Waals surface area contributed by atoms with Crippen molar-refractivity contribution in [3.05, 3.63) is 34.8 Å². The number of benzene rings is 1. The molecule has 28 heavy (non-hydrogen) atoms.